The molecule has 1 fully saturated rings. The van der Waals surface area contributed by atoms with Crippen LogP contribution in [0.25, 0.3) is 0 Å². The normalized spacial score (nSPS) is 20.0. The first-order valence-electron chi connectivity index (χ1n) is 7.17. The predicted molar refractivity (Wildman–Crippen MR) is 83.7 cm³/mol. The van der Waals surface area contributed by atoms with E-state index in [1.54, 1.807) is 11.3 Å². The lowest BCUT2D eigenvalue weighted by Gasteiger charge is -2.02. The Hall–Kier alpha value is -1.88. The van der Waals surface area contributed by atoms with Crippen molar-refractivity contribution in [3.63, 3.8) is 0 Å². The second kappa shape index (κ2) is 6.26. The summed E-state index contributed by atoms with van der Waals surface area (Å²) in [6.45, 7) is 2.22. The van der Waals surface area contributed by atoms with Crippen molar-refractivity contribution in [1.29, 1.82) is 0 Å². The van der Waals surface area contributed by atoms with Crippen molar-refractivity contribution in [3.05, 3.63) is 47.0 Å². The third kappa shape index (κ3) is 3.61. The summed E-state index contributed by atoms with van der Waals surface area (Å²) in [7, 11) is 0. The first-order valence-corrected chi connectivity index (χ1v) is 8.05. The van der Waals surface area contributed by atoms with Crippen LogP contribution in [0.1, 0.15) is 30.5 Å². The molecule has 3 rings (SSSR count). The minimum Gasteiger partial charge on any atom is -0.466 e. The summed E-state index contributed by atoms with van der Waals surface area (Å²) in [4.78, 5) is 15.9. The fourth-order valence-corrected chi connectivity index (χ4v) is 3.17. The summed E-state index contributed by atoms with van der Waals surface area (Å²) in [6, 6.07) is 11.0. The zero-order chi connectivity index (χ0) is 14.7. The number of rotatable bonds is 6. The zero-order valence-corrected chi connectivity index (χ0v) is 12.7. The van der Waals surface area contributed by atoms with E-state index in [2.05, 4.69) is 34.6 Å². The first-order chi connectivity index (χ1) is 10.3. The van der Waals surface area contributed by atoms with Crippen LogP contribution in [0.2, 0.25) is 0 Å². The Morgan fingerprint density at radius 2 is 2.24 bits per heavy atom. The number of esters is 1. The van der Waals surface area contributed by atoms with Crippen LogP contribution in [0, 0.1) is 0 Å². The molecule has 0 bridgehead atoms. The molecule has 0 saturated heterocycles. The van der Waals surface area contributed by atoms with Crippen LogP contribution in [-0.2, 0) is 16.0 Å². The standard InChI is InChI=1S/C16H18N2O2S/c1-2-20-15(19)8-12-10-21-16(17-12)18-14-9-13(14)11-6-4-3-5-7-11/h3-7,10,13-14H,2,8-9H2,1H3,(H,17,18). The van der Waals surface area contributed by atoms with Gasteiger partial charge in [-0.05, 0) is 18.9 Å². The molecule has 0 amide bonds. The highest BCUT2D eigenvalue weighted by molar-refractivity contribution is 7.13. The van der Waals surface area contributed by atoms with Gasteiger partial charge in [-0.2, -0.15) is 0 Å². The Kier molecular flexibility index (Phi) is 4.20. The van der Waals surface area contributed by atoms with Gasteiger partial charge in [-0.1, -0.05) is 30.3 Å². The number of carbonyl (C=O) groups excluding carboxylic acids is 1. The molecule has 0 aliphatic heterocycles. The van der Waals surface area contributed by atoms with Crippen LogP contribution in [0.5, 0.6) is 0 Å². The van der Waals surface area contributed by atoms with Gasteiger partial charge in [0.15, 0.2) is 5.13 Å². The van der Waals surface area contributed by atoms with Gasteiger partial charge in [0.05, 0.1) is 18.7 Å². The van der Waals surface area contributed by atoms with E-state index < -0.39 is 0 Å². The van der Waals surface area contributed by atoms with E-state index in [4.69, 9.17) is 4.74 Å². The van der Waals surface area contributed by atoms with E-state index in [0.717, 1.165) is 17.2 Å². The SMILES string of the molecule is CCOC(=O)Cc1csc(NC2CC2c2ccccc2)n1. The van der Waals surface area contributed by atoms with Crippen molar-refractivity contribution in [3.8, 4) is 0 Å². The van der Waals surface area contributed by atoms with Crippen molar-refractivity contribution in [2.45, 2.75) is 31.7 Å². The van der Waals surface area contributed by atoms with Gasteiger partial charge in [0.2, 0.25) is 0 Å². The molecule has 4 nitrogen and oxygen atoms in total. The van der Waals surface area contributed by atoms with Crippen molar-refractivity contribution in [2.75, 3.05) is 11.9 Å². The summed E-state index contributed by atoms with van der Waals surface area (Å²) in [6.07, 6.45) is 1.38. The number of anilines is 1. The average molecular weight is 302 g/mol. The molecule has 5 heteroatoms. The number of hydrogen-bond acceptors (Lipinski definition) is 5. The maximum Gasteiger partial charge on any atom is 0.311 e. The predicted octanol–water partition coefficient (Wildman–Crippen LogP) is 3.22. The summed E-state index contributed by atoms with van der Waals surface area (Å²) in [5.74, 6) is 0.353. The summed E-state index contributed by atoms with van der Waals surface area (Å²) in [5, 5.41) is 6.25. The molecule has 2 unspecified atom stereocenters. The lowest BCUT2D eigenvalue weighted by Crippen LogP contribution is -2.08. The van der Waals surface area contributed by atoms with Crippen LogP contribution >= 0.6 is 11.3 Å². The minimum absolute atomic E-state index is 0.220. The number of hydrogen-bond donors (Lipinski definition) is 1. The maximum absolute atomic E-state index is 11.4. The highest BCUT2D eigenvalue weighted by atomic mass is 32.1. The highest BCUT2D eigenvalue weighted by Gasteiger charge is 2.38. The Morgan fingerprint density at radius 3 is 3.00 bits per heavy atom. The lowest BCUT2D eigenvalue weighted by molar-refractivity contribution is -0.142. The van der Waals surface area contributed by atoms with Crippen LogP contribution in [0.4, 0.5) is 5.13 Å². The number of nitrogens with one attached hydrogen (secondary N) is 1. The molecule has 1 aliphatic rings. The Balaban J connectivity index is 1.53. The van der Waals surface area contributed by atoms with E-state index >= 15 is 0 Å². The molecular formula is C16H18N2O2S. The lowest BCUT2D eigenvalue weighted by atomic mass is 10.1. The Labute approximate surface area is 128 Å². The third-order valence-electron chi connectivity index (χ3n) is 3.51. The van der Waals surface area contributed by atoms with Gasteiger partial charge in [0, 0.05) is 17.3 Å². The molecular weight excluding hydrogens is 284 g/mol. The summed E-state index contributed by atoms with van der Waals surface area (Å²) < 4.78 is 4.93. The molecule has 2 aromatic rings. The van der Waals surface area contributed by atoms with Crippen LogP contribution in [-0.4, -0.2) is 23.6 Å². The van der Waals surface area contributed by atoms with E-state index in [-0.39, 0.29) is 12.4 Å². The second-order valence-corrected chi connectivity index (χ2v) is 5.99. The average Bonchev–Trinajstić information content (AvgIpc) is 3.11. The van der Waals surface area contributed by atoms with E-state index in [1.807, 2.05) is 18.4 Å². The monoisotopic (exact) mass is 302 g/mol. The summed E-state index contributed by atoms with van der Waals surface area (Å²) >= 11 is 1.55. The van der Waals surface area contributed by atoms with Gasteiger partial charge in [0.25, 0.3) is 0 Å². The molecule has 1 aromatic carbocycles. The molecule has 0 radical (unpaired) electrons. The maximum atomic E-state index is 11.4. The second-order valence-electron chi connectivity index (χ2n) is 5.13. The number of benzene rings is 1. The van der Waals surface area contributed by atoms with Crippen LogP contribution in [0.3, 0.4) is 0 Å². The number of ether oxygens (including phenoxy) is 1. The van der Waals surface area contributed by atoms with Gasteiger partial charge in [-0.15, -0.1) is 11.3 Å². The molecule has 0 spiro atoms. The first kappa shape index (κ1) is 14.1. The Morgan fingerprint density at radius 1 is 1.43 bits per heavy atom. The topological polar surface area (TPSA) is 51.2 Å². The molecule has 1 aliphatic carbocycles. The molecule has 1 heterocycles. The van der Waals surface area contributed by atoms with E-state index in [0.29, 0.717) is 18.6 Å². The number of aromatic nitrogens is 1. The number of thiazole rings is 1. The van der Waals surface area contributed by atoms with Gasteiger partial charge >= 0.3 is 5.97 Å². The van der Waals surface area contributed by atoms with Gasteiger partial charge < -0.3 is 10.1 Å². The van der Waals surface area contributed by atoms with E-state index in [9.17, 15) is 4.79 Å². The van der Waals surface area contributed by atoms with E-state index in [1.165, 1.54) is 5.56 Å². The zero-order valence-electron chi connectivity index (χ0n) is 11.9. The summed E-state index contributed by atoms with van der Waals surface area (Å²) in [5.41, 5.74) is 2.15. The fourth-order valence-electron chi connectivity index (χ4n) is 2.40. The number of carbonyl (C=O) groups is 1. The van der Waals surface area contributed by atoms with Crippen molar-refractivity contribution in [1.82, 2.24) is 4.98 Å². The van der Waals surface area contributed by atoms with Crippen molar-refractivity contribution >= 4 is 22.4 Å². The van der Waals surface area contributed by atoms with Gasteiger partial charge in [0.1, 0.15) is 0 Å². The smallest absolute Gasteiger partial charge is 0.311 e. The highest BCUT2D eigenvalue weighted by Crippen LogP contribution is 2.43. The quantitative estimate of drug-likeness (QED) is 0.832. The fraction of sp³-hybridized carbons (Fsp3) is 0.375. The number of nitrogens with zero attached hydrogens (tertiary/aromatic N) is 1. The van der Waals surface area contributed by atoms with Crippen molar-refractivity contribution in [2.24, 2.45) is 0 Å². The third-order valence-corrected chi connectivity index (χ3v) is 4.33. The van der Waals surface area contributed by atoms with Crippen LogP contribution < -0.4 is 5.32 Å². The molecule has 1 N–H and O–H groups in total. The van der Waals surface area contributed by atoms with Gasteiger partial charge in [-0.3, -0.25) is 4.79 Å². The molecule has 2 atom stereocenters. The van der Waals surface area contributed by atoms with Crippen molar-refractivity contribution < 1.29 is 9.53 Å². The van der Waals surface area contributed by atoms with Gasteiger partial charge in [-0.25, -0.2) is 4.98 Å². The molecule has 21 heavy (non-hydrogen) atoms. The van der Waals surface area contributed by atoms with Crippen LogP contribution in [0.15, 0.2) is 35.7 Å². The molecule has 110 valence electrons. The minimum atomic E-state index is -0.220. The largest absolute Gasteiger partial charge is 0.466 e. The molecule has 1 aromatic heterocycles. The Bertz CT molecular complexity index is 612. The molecule has 1 saturated carbocycles.